The number of nitrogens with zero attached hydrogens (tertiary/aromatic N) is 1. The van der Waals surface area contributed by atoms with Gasteiger partial charge in [0.05, 0.1) is 10.6 Å². The molecule has 0 unspecified atom stereocenters. The lowest BCUT2D eigenvalue weighted by molar-refractivity contribution is -0.139. The number of carboxylic acids is 1. The molecule has 0 fully saturated rings. The minimum Gasteiger partial charge on any atom is -0.480 e. The molecule has 0 saturated heterocycles. The van der Waals surface area contributed by atoms with Gasteiger partial charge < -0.3 is 10.4 Å². The molecule has 1 atom stereocenters. The molecule has 0 bridgehead atoms. The summed E-state index contributed by atoms with van der Waals surface area (Å²) in [6, 6.07) is 7.32. The van der Waals surface area contributed by atoms with E-state index < -0.39 is 27.9 Å². The Balaban J connectivity index is 2.09. The lowest BCUT2D eigenvalue weighted by Gasteiger charge is -2.14. The normalized spacial score (nSPS) is 12.2. The van der Waals surface area contributed by atoms with E-state index in [-0.39, 0.29) is 10.5 Å². The van der Waals surface area contributed by atoms with Gasteiger partial charge in [-0.1, -0.05) is 19.8 Å². The first-order valence-electron chi connectivity index (χ1n) is 8.40. The molecule has 9 heteroatoms. The molecule has 0 aliphatic heterocycles. The van der Waals surface area contributed by atoms with E-state index in [4.69, 9.17) is 0 Å². The first kappa shape index (κ1) is 20.4. The quantitative estimate of drug-likeness (QED) is 0.602. The van der Waals surface area contributed by atoms with Crippen molar-refractivity contribution >= 4 is 27.6 Å². The Labute approximate surface area is 157 Å². The summed E-state index contributed by atoms with van der Waals surface area (Å²) in [4.78, 5) is 27.2. The van der Waals surface area contributed by atoms with Crippen LogP contribution in [-0.2, 0) is 14.8 Å². The molecular formula is C18H21N3O5S. The molecule has 1 aromatic carbocycles. The molecule has 27 heavy (non-hydrogen) atoms. The highest BCUT2D eigenvalue weighted by Crippen LogP contribution is 2.16. The van der Waals surface area contributed by atoms with Crippen molar-refractivity contribution in [3.63, 3.8) is 0 Å². The second-order valence-electron chi connectivity index (χ2n) is 5.87. The summed E-state index contributed by atoms with van der Waals surface area (Å²) < 4.78 is 27.1. The van der Waals surface area contributed by atoms with E-state index in [0.29, 0.717) is 18.5 Å². The van der Waals surface area contributed by atoms with Crippen LogP contribution in [0.5, 0.6) is 0 Å². The highest BCUT2D eigenvalue weighted by molar-refractivity contribution is 7.92. The predicted molar refractivity (Wildman–Crippen MR) is 99.9 cm³/mol. The van der Waals surface area contributed by atoms with Crippen molar-refractivity contribution in [2.75, 3.05) is 4.72 Å². The number of rotatable bonds is 9. The van der Waals surface area contributed by atoms with Crippen LogP contribution < -0.4 is 10.0 Å². The van der Waals surface area contributed by atoms with Crippen LogP contribution in [0.1, 0.15) is 36.5 Å². The maximum absolute atomic E-state index is 12.4. The number of amides is 1. The lowest BCUT2D eigenvalue weighted by Crippen LogP contribution is -2.40. The van der Waals surface area contributed by atoms with E-state index in [9.17, 15) is 23.1 Å². The van der Waals surface area contributed by atoms with Gasteiger partial charge in [0.1, 0.15) is 6.04 Å². The zero-order chi connectivity index (χ0) is 19.9. The van der Waals surface area contributed by atoms with Crippen molar-refractivity contribution in [2.45, 2.75) is 37.1 Å². The third-order valence-corrected chi connectivity index (χ3v) is 5.21. The number of hydrogen-bond donors (Lipinski definition) is 3. The zero-order valence-electron chi connectivity index (χ0n) is 14.8. The molecule has 8 nitrogen and oxygen atoms in total. The molecule has 2 aromatic rings. The highest BCUT2D eigenvalue weighted by atomic mass is 32.2. The smallest absolute Gasteiger partial charge is 0.326 e. The van der Waals surface area contributed by atoms with Gasteiger partial charge in [0.15, 0.2) is 0 Å². The molecular weight excluding hydrogens is 370 g/mol. The van der Waals surface area contributed by atoms with E-state index in [1.807, 2.05) is 6.92 Å². The Morgan fingerprint density at radius 1 is 1.11 bits per heavy atom. The van der Waals surface area contributed by atoms with Crippen molar-refractivity contribution in [1.29, 1.82) is 0 Å². The average Bonchev–Trinajstić information content (AvgIpc) is 2.65. The summed E-state index contributed by atoms with van der Waals surface area (Å²) in [5, 5.41) is 11.6. The minimum absolute atomic E-state index is 0.0170. The van der Waals surface area contributed by atoms with Crippen molar-refractivity contribution in [2.24, 2.45) is 0 Å². The summed E-state index contributed by atoms with van der Waals surface area (Å²) in [5.41, 5.74) is 0.549. The van der Waals surface area contributed by atoms with Crippen molar-refractivity contribution < 1.29 is 23.1 Å². The maximum atomic E-state index is 12.4. The molecule has 0 aliphatic carbocycles. The molecule has 1 aromatic heterocycles. The first-order valence-corrected chi connectivity index (χ1v) is 9.88. The van der Waals surface area contributed by atoms with Crippen LogP contribution in [-0.4, -0.2) is 36.4 Å². The third kappa shape index (κ3) is 5.78. The zero-order valence-corrected chi connectivity index (χ0v) is 15.6. The number of benzene rings is 1. The fourth-order valence-corrected chi connectivity index (χ4v) is 3.39. The van der Waals surface area contributed by atoms with Crippen LogP contribution in [0.3, 0.4) is 0 Å². The van der Waals surface area contributed by atoms with Gasteiger partial charge in [-0.05, 0) is 42.8 Å². The number of aliphatic carboxylic acids is 1. The third-order valence-electron chi connectivity index (χ3n) is 3.81. The number of unbranched alkanes of at least 4 members (excludes halogenated alkanes) is 1. The largest absolute Gasteiger partial charge is 0.480 e. The number of aromatic nitrogens is 1. The van der Waals surface area contributed by atoms with E-state index in [2.05, 4.69) is 15.0 Å². The Hall–Kier alpha value is -2.94. The fraction of sp³-hybridized carbons (Fsp3) is 0.278. The number of nitrogens with one attached hydrogen (secondary N) is 2. The molecule has 1 heterocycles. The van der Waals surface area contributed by atoms with Crippen LogP contribution in [0.2, 0.25) is 0 Å². The van der Waals surface area contributed by atoms with Gasteiger partial charge in [-0.25, -0.2) is 13.2 Å². The predicted octanol–water partition coefficient (Wildman–Crippen LogP) is 2.26. The molecule has 0 spiro atoms. The van der Waals surface area contributed by atoms with E-state index >= 15 is 0 Å². The minimum atomic E-state index is -3.81. The first-order chi connectivity index (χ1) is 12.8. The highest BCUT2D eigenvalue weighted by Gasteiger charge is 2.21. The maximum Gasteiger partial charge on any atom is 0.326 e. The summed E-state index contributed by atoms with van der Waals surface area (Å²) in [7, 11) is -3.81. The Bertz CT molecular complexity index is 883. The Kier molecular flexibility index (Phi) is 6.89. The topological polar surface area (TPSA) is 125 Å². The average molecular weight is 391 g/mol. The molecule has 144 valence electrons. The molecule has 2 rings (SSSR count). The van der Waals surface area contributed by atoms with Gasteiger partial charge >= 0.3 is 5.97 Å². The van der Waals surface area contributed by atoms with Gasteiger partial charge in [-0.3, -0.25) is 14.5 Å². The molecule has 3 N–H and O–H groups in total. The second-order valence-corrected chi connectivity index (χ2v) is 7.55. The van der Waals surface area contributed by atoms with Gasteiger partial charge in [-0.2, -0.15) is 0 Å². The summed E-state index contributed by atoms with van der Waals surface area (Å²) >= 11 is 0. The van der Waals surface area contributed by atoms with Crippen LogP contribution in [0.15, 0.2) is 53.7 Å². The van der Waals surface area contributed by atoms with Crippen LogP contribution in [0, 0.1) is 0 Å². The van der Waals surface area contributed by atoms with Gasteiger partial charge in [0.25, 0.3) is 15.9 Å². The fourth-order valence-electron chi connectivity index (χ4n) is 2.33. The summed E-state index contributed by atoms with van der Waals surface area (Å²) in [6.45, 7) is 1.93. The summed E-state index contributed by atoms with van der Waals surface area (Å²) in [6.07, 6.45) is 4.75. The van der Waals surface area contributed by atoms with Gasteiger partial charge in [-0.15, -0.1) is 0 Å². The van der Waals surface area contributed by atoms with Crippen molar-refractivity contribution in [1.82, 2.24) is 10.3 Å². The van der Waals surface area contributed by atoms with Gasteiger partial charge in [0, 0.05) is 18.0 Å². The van der Waals surface area contributed by atoms with E-state index in [1.165, 1.54) is 48.8 Å². The second kappa shape index (κ2) is 9.13. The SMILES string of the molecule is CCCC[C@H](NC(=O)c1ccc(S(=O)(=O)Nc2ccncc2)cc1)C(=O)O. The van der Waals surface area contributed by atoms with Crippen LogP contribution in [0.4, 0.5) is 5.69 Å². The number of carboxylic acid groups (broad SMARTS) is 1. The molecule has 0 radical (unpaired) electrons. The summed E-state index contributed by atoms with van der Waals surface area (Å²) in [5.74, 6) is -1.66. The van der Waals surface area contributed by atoms with Crippen molar-refractivity contribution in [3.05, 3.63) is 54.4 Å². The number of sulfonamides is 1. The number of anilines is 1. The van der Waals surface area contributed by atoms with Crippen LogP contribution in [0.25, 0.3) is 0 Å². The molecule has 0 aliphatic rings. The standard InChI is InChI=1S/C18H21N3O5S/c1-2-3-4-16(18(23)24)20-17(22)13-5-7-15(8-6-13)27(25,26)21-14-9-11-19-12-10-14/h5-12,16H,2-4H2,1H3,(H,19,21)(H,20,22)(H,23,24)/t16-/m0/s1. The number of carbonyl (C=O) groups is 2. The van der Waals surface area contributed by atoms with Crippen molar-refractivity contribution in [3.8, 4) is 0 Å². The van der Waals surface area contributed by atoms with Gasteiger partial charge in [0.2, 0.25) is 0 Å². The Morgan fingerprint density at radius 2 is 1.74 bits per heavy atom. The van der Waals surface area contributed by atoms with E-state index in [0.717, 1.165) is 6.42 Å². The Morgan fingerprint density at radius 3 is 2.30 bits per heavy atom. The molecule has 1 amide bonds. The van der Waals surface area contributed by atoms with E-state index in [1.54, 1.807) is 0 Å². The number of carbonyl (C=O) groups excluding carboxylic acids is 1. The monoisotopic (exact) mass is 391 g/mol. The number of hydrogen-bond acceptors (Lipinski definition) is 5. The van der Waals surface area contributed by atoms with Crippen LogP contribution >= 0.6 is 0 Å². The molecule has 0 saturated carbocycles. The lowest BCUT2D eigenvalue weighted by atomic mass is 10.1. The number of pyridine rings is 1.